The van der Waals surface area contributed by atoms with E-state index in [-0.39, 0.29) is 12.5 Å². The highest BCUT2D eigenvalue weighted by Crippen LogP contribution is 2.40. The quantitative estimate of drug-likeness (QED) is 0.761. The highest BCUT2D eigenvalue weighted by atomic mass is 16.5. The number of carbonyl (C=O) groups is 2. The third-order valence-electron chi connectivity index (χ3n) is 2.73. The molecule has 0 N–H and O–H groups in total. The minimum atomic E-state index is -0.146. The first-order valence-corrected chi connectivity index (χ1v) is 5.82. The number of amides is 1. The Labute approximate surface area is 105 Å². The Balaban J connectivity index is 2.46. The maximum atomic E-state index is 11.6. The lowest BCUT2D eigenvalue weighted by Crippen LogP contribution is -2.35. The zero-order chi connectivity index (χ0) is 13.1. The molecule has 0 fully saturated rings. The molecule has 0 bridgehead atoms. The number of ether oxygens (including phenoxy) is 2. The van der Waals surface area contributed by atoms with Crippen LogP contribution in [0.3, 0.4) is 0 Å². The zero-order valence-corrected chi connectivity index (χ0v) is 10.4. The molecule has 1 heterocycles. The van der Waals surface area contributed by atoms with Crippen LogP contribution in [-0.2, 0) is 4.79 Å². The van der Waals surface area contributed by atoms with E-state index < -0.39 is 0 Å². The van der Waals surface area contributed by atoms with Crippen LogP contribution in [0.4, 0.5) is 5.69 Å². The Bertz CT molecular complexity index is 484. The average Bonchev–Trinajstić information content (AvgIpc) is 2.40. The molecule has 0 atom stereocenters. The van der Waals surface area contributed by atoms with E-state index in [2.05, 4.69) is 0 Å². The van der Waals surface area contributed by atoms with Crippen LogP contribution in [0.15, 0.2) is 12.1 Å². The third kappa shape index (κ3) is 2.16. The monoisotopic (exact) mass is 249 g/mol. The second kappa shape index (κ2) is 5.08. The van der Waals surface area contributed by atoms with E-state index in [4.69, 9.17) is 9.47 Å². The van der Waals surface area contributed by atoms with Gasteiger partial charge in [-0.25, -0.2) is 0 Å². The van der Waals surface area contributed by atoms with Crippen LogP contribution in [0, 0.1) is 0 Å². The van der Waals surface area contributed by atoms with Gasteiger partial charge in [-0.3, -0.25) is 9.59 Å². The summed E-state index contributed by atoms with van der Waals surface area (Å²) in [5.41, 5.74) is 1.03. The van der Waals surface area contributed by atoms with E-state index >= 15 is 0 Å². The second-order valence-corrected chi connectivity index (χ2v) is 4.08. The molecule has 0 spiro atoms. The molecule has 1 aromatic rings. The van der Waals surface area contributed by atoms with Crippen molar-refractivity contribution in [3.8, 4) is 11.5 Å². The van der Waals surface area contributed by atoms with Crippen LogP contribution in [-0.4, -0.2) is 32.5 Å². The molecule has 0 saturated heterocycles. The van der Waals surface area contributed by atoms with Crippen molar-refractivity contribution >= 4 is 17.9 Å². The van der Waals surface area contributed by atoms with Crippen molar-refractivity contribution < 1.29 is 19.1 Å². The van der Waals surface area contributed by atoms with Gasteiger partial charge in [-0.1, -0.05) is 6.92 Å². The summed E-state index contributed by atoms with van der Waals surface area (Å²) in [5, 5.41) is 0. The van der Waals surface area contributed by atoms with Crippen molar-refractivity contribution in [1.29, 1.82) is 0 Å². The van der Waals surface area contributed by atoms with Gasteiger partial charge in [-0.15, -0.1) is 0 Å². The molecule has 1 aliphatic rings. The number of likely N-dealkylation sites (N-methyl/N-ethyl adjacent to an activating group) is 1. The molecule has 0 aliphatic carbocycles. The Morgan fingerprint density at radius 2 is 2.28 bits per heavy atom. The van der Waals surface area contributed by atoms with Crippen LogP contribution in [0.25, 0.3) is 0 Å². The van der Waals surface area contributed by atoms with Gasteiger partial charge in [0.2, 0.25) is 0 Å². The number of carbonyl (C=O) groups excluding carboxylic acids is 2. The van der Waals surface area contributed by atoms with Gasteiger partial charge < -0.3 is 14.4 Å². The highest BCUT2D eigenvalue weighted by molar-refractivity contribution is 5.99. The van der Waals surface area contributed by atoms with Crippen LogP contribution in [0.1, 0.15) is 23.7 Å². The minimum Gasteiger partial charge on any atom is -0.490 e. The predicted octanol–water partition coefficient (Wildman–Crippen LogP) is 1.64. The van der Waals surface area contributed by atoms with Gasteiger partial charge in [-0.2, -0.15) is 0 Å². The summed E-state index contributed by atoms with van der Waals surface area (Å²) >= 11 is 0. The van der Waals surface area contributed by atoms with E-state index in [9.17, 15) is 9.59 Å². The predicted molar refractivity (Wildman–Crippen MR) is 66.5 cm³/mol. The standard InChI is InChI=1S/C13H15NO4/c1-3-4-17-11-6-9(7-15)5-10-13(11)18-8-12(16)14(10)2/h5-7H,3-4,8H2,1-2H3. The summed E-state index contributed by atoms with van der Waals surface area (Å²) in [6.07, 6.45) is 1.58. The number of anilines is 1. The molecule has 96 valence electrons. The summed E-state index contributed by atoms with van der Waals surface area (Å²) in [6.45, 7) is 2.52. The molecule has 0 radical (unpaired) electrons. The Hall–Kier alpha value is -2.04. The second-order valence-electron chi connectivity index (χ2n) is 4.08. The number of fused-ring (bicyclic) bond motifs is 1. The molecular weight excluding hydrogens is 234 g/mol. The van der Waals surface area contributed by atoms with E-state index in [1.165, 1.54) is 4.90 Å². The molecule has 1 aliphatic heterocycles. The van der Waals surface area contributed by atoms with E-state index in [0.29, 0.717) is 29.4 Å². The van der Waals surface area contributed by atoms with Crippen LogP contribution in [0.5, 0.6) is 11.5 Å². The van der Waals surface area contributed by atoms with Crippen molar-refractivity contribution in [3.63, 3.8) is 0 Å². The molecular formula is C13H15NO4. The summed E-state index contributed by atoms with van der Waals surface area (Å²) in [7, 11) is 1.65. The van der Waals surface area contributed by atoms with Crippen LogP contribution in [0.2, 0.25) is 0 Å². The van der Waals surface area contributed by atoms with Gasteiger partial charge in [0.1, 0.15) is 6.29 Å². The number of rotatable bonds is 4. The number of hydrogen-bond donors (Lipinski definition) is 0. The number of benzene rings is 1. The maximum Gasteiger partial charge on any atom is 0.264 e. The Morgan fingerprint density at radius 1 is 1.50 bits per heavy atom. The Kier molecular flexibility index (Phi) is 3.50. The van der Waals surface area contributed by atoms with E-state index in [1.807, 2.05) is 6.92 Å². The molecule has 5 heteroatoms. The molecule has 0 saturated carbocycles. The van der Waals surface area contributed by atoms with Gasteiger partial charge >= 0.3 is 0 Å². The average molecular weight is 249 g/mol. The molecule has 0 aromatic heterocycles. The first-order chi connectivity index (χ1) is 8.67. The normalized spacial score (nSPS) is 13.9. The zero-order valence-electron chi connectivity index (χ0n) is 10.4. The van der Waals surface area contributed by atoms with Gasteiger partial charge in [-0.05, 0) is 18.6 Å². The smallest absolute Gasteiger partial charge is 0.264 e. The summed E-state index contributed by atoms with van der Waals surface area (Å²) < 4.78 is 11.0. The van der Waals surface area contributed by atoms with Gasteiger partial charge in [0.15, 0.2) is 18.1 Å². The van der Waals surface area contributed by atoms with Crippen molar-refractivity contribution in [3.05, 3.63) is 17.7 Å². The lowest BCUT2D eigenvalue weighted by atomic mass is 10.1. The molecule has 0 unspecified atom stereocenters. The van der Waals surface area contributed by atoms with Crippen LogP contribution < -0.4 is 14.4 Å². The van der Waals surface area contributed by atoms with Crippen molar-refractivity contribution in [2.24, 2.45) is 0 Å². The summed E-state index contributed by atoms with van der Waals surface area (Å²) in [6, 6.07) is 3.25. The van der Waals surface area contributed by atoms with Crippen molar-refractivity contribution in [2.45, 2.75) is 13.3 Å². The summed E-state index contributed by atoms with van der Waals surface area (Å²) in [5.74, 6) is 0.888. The number of nitrogens with zero attached hydrogens (tertiary/aromatic N) is 1. The van der Waals surface area contributed by atoms with E-state index in [0.717, 1.165) is 12.7 Å². The first-order valence-electron chi connectivity index (χ1n) is 5.82. The largest absolute Gasteiger partial charge is 0.490 e. The fraction of sp³-hybridized carbons (Fsp3) is 0.385. The molecule has 1 aromatic carbocycles. The molecule has 1 amide bonds. The van der Waals surface area contributed by atoms with Crippen LogP contribution >= 0.6 is 0 Å². The van der Waals surface area contributed by atoms with Gasteiger partial charge in [0, 0.05) is 12.6 Å². The maximum absolute atomic E-state index is 11.6. The third-order valence-corrected chi connectivity index (χ3v) is 2.73. The van der Waals surface area contributed by atoms with Crippen molar-refractivity contribution in [2.75, 3.05) is 25.2 Å². The fourth-order valence-electron chi connectivity index (χ4n) is 1.75. The topological polar surface area (TPSA) is 55.8 Å². The molecule has 5 nitrogen and oxygen atoms in total. The number of hydrogen-bond acceptors (Lipinski definition) is 4. The lowest BCUT2D eigenvalue weighted by molar-refractivity contribution is -0.121. The first kappa shape index (κ1) is 12.4. The van der Waals surface area contributed by atoms with Crippen molar-refractivity contribution in [1.82, 2.24) is 0 Å². The minimum absolute atomic E-state index is 0.00752. The lowest BCUT2D eigenvalue weighted by Gasteiger charge is -2.27. The van der Waals surface area contributed by atoms with Gasteiger partial charge in [0.05, 0.1) is 12.3 Å². The Morgan fingerprint density at radius 3 is 2.94 bits per heavy atom. The molecule has 18 heavy (non-hydrogen) atoms. The highest BCUT2D eigenvalue weighted by Gasteiger charge is 2.26. The van der Waals surface area contributed by atoms with E-state index in [1.54, 1.807) is 19.2 Å². The number of aldehydes is 1. The SMILES string of the molecule is CCCOc1cc(C=O)cc2c1OCC(=O)N2C. The van der Waals surface area contributed by atoms with Gasteiger partial charge in [0.25, 0.3) is 5.91 Å². The molecule has 2 rings (SSSR count). The fourth-order valence-corrected chi connectivity index (χ4v) is 1.75. The summed E-state index contributed by atoms with van der Waals surface area (Å²) in [4.78, 5) is 23.9.